The summed E-state index contributed by atoms with van der Waals surface area (Å²) in [6.07, 6.45) is 2.89. The smallest absolute Gasteiger partial charge is 0.175 e. The lowest BCUT2D eigenvalue weighted by molar-refractivity contribution is 0.0731. The first-order valence-corrected chi connectivity index (χ1v) is 13.5. The van der Waals surface area contributed by atoms with Crippen molar-refractivity contribution in [2.45, 2.75) is 30.9 Å². The van der Waals surface area contributed by atoms with Gasteiger partial charge in [0.1, 0.15) is 5.60 Å². The van der Waals surface area contributed by atoms with E-state index in [1.165, 1.54) is 6.26 Å². The van der Waals surface area contributed by atoms with Crippen LogP contribution >= 0.6 is 23.2 Å². The lowest BCUT2D eigenvalue weighted by Crippen LogP contribution is -2.17. The van der Waals surface area contributed by atoms with E-state index in [-0.39, 0.29) is 0 Å². The topological polar surface area (TPSA) is 72.2 Å². The van der Waals surface area contributed by atoms with Gasteiger partial charge in [0.25, 0.3) is 0 Å². The maximum atomic E-state index is 11.8. The Morgan fingerprint density at radius 2 is 1.66 bits per heavy atom. The Bertz CT molecular complexity index is 1320. The first kappa shape index (κ1) is 28.6. The quantitative estimate of drug-likeness (QED) is 0.263. The lowest BCUT2D eigenvalue weighted by atomic mass is 10.0. The van der Waals surface area contributed by atoms with Crippen molar-refractivity contribution < 1.29 is 13.5 Å². The van der Waals surface area contributed by atoms with Gasteiger partial charge >= 0.3 is 0 Å². The van der Waals surface area contributed by atoms with Crippen molar-refractivity contribution in [2.24, 2.45) is 0 Å². The summed E-state index contributed by atoms with van der Waals surface area (Å²) in [5.74, 6) is 0.349. The normalized spacial score (nSPS) is 11.4. The maximum absolute atomic E-state index is 11.8. The zero-order valence-electron chi connectivity index (χ0n) is 20.1. The van der Waals surface area contributed by atoms with Gasteiger partial charge in [-0.25, -0.2) is 8.42 Å². The second-order valence-corrected chi connectivity index (χ2v) is 11.3. The third-order valence-electron chi connectivity index (χ3n) is 4.97. The van der Waals surface area contributed by atoms with Gasteiger partial charge in [0, 0.05) is 11.3 Å². The Morgan fingerprint density at radius 3 is 2.14 bits per heavy atom. The molecule has 186 valence electrons. The largest absolute Gasteiger partial charge is 0.384 e. The van der Waals surface area contributed by atoms with Crippen LogP contribution in [0.4, 0.5) is 0 Å². The molecular formula is C27H30Cl2N2O3S. The van der Waals surface area contributed by atoms with Crippen molar-refractivity contribution in [3.8, 4) is 22.4 Å². The summed E-state index contributed by atoms with van der Waals surface area (Å²) in [5.41, 5.74) is 3.84. The first-order valence-electron chi connectivity index (χ1n) is 10.7. The monoisotopic (exact) mass is 532 g/mol. The number of aliphatic hydroxyl groups is 1. The molecule has 0 atom stereocenters. The van der Waals surface area contributed by atoms with Gasteiger partial charge in [-0.05, 0) is 54.3 Å². The first-order chi connectivity index (χ1) is 16.3. The summed E-state index contributed by atoms with van der Waals surface area (Å²) in [6.45, 7) is 14.9. The van der Waals surface area contributed by atoms with Gasteiger partial charge in [0.2, 0.25) is 0 Å². The highest BCUT2D eigenvalue weighted by molar-refractivity contribution is 7.90. The van der Waals surface area contributed by atoms with Crippen LogP contribution in [0.2, 0.25) is 0 Å². The van der Waals surface area contributed by atoms with Crippen LogP contribution in [0.25, 0.3) is 22.4 Å². The molecule has 5 nitrogen and oxygen atoms in total. The van der Waals surface area contributed by atoms with E-state index in [9.17, 15) is 13.5 Å². The molecule has 0 bridgehead atoms. The van der Waals surface area contributed by atoms with Gasteiger partial charge in [0.05, 0.1) is 28.7 Å². The van der Waals surface area contributed by atoms with E-state index in [2.05, 4.69) is 24.8 Å². The van der Waals surface area contributed by atoms with Crippen LogP contribution in [0.5, 0.6) is 0 Å². The summed E-state index contributed by atoms with van der Waals surface area (Å²) in [4.78, 5) is 0.292. The predicted molar refractivity (Wildman–Crippen MR) is 147 cm³/mol. The Balaban J connectivity index is 0.000000784. The molecule has 0 fully saturated rings. The molecule has 0 amide bonds. The molecule has 35 heavy (non-hydrogen) atoms. The van der Waals surface area contributed by atoms with Crippen molar-refractivity contribution in [2.75, 3.05) is 12.1 Å². The van der Waals surface area contributed by atoms with Crippen LogP contribution in [-0.4, -0.2) is 35.4 Å². The number of hydrogen-bond acceptors (Lipinski definition) is 4. The number of halogens is 2. The van der Waals surface area contributed by atoms with E-state index in [1.54, 1.807) is 42.8 Å². The molecule has 0 unspecified atom stereocenters. The van der Waals surface area contributed by atoms with Gasteiger partial charge in [0.15, 0.2) is 9.84 Å². The number of rotatable bonds is 8. The number of allylic oxidation sites excluding steroid dienone is 3. The zero-order valence-corrected chi connectivity index (χ0v) is 22.5. The molecule has 0 aliphatic carbocycles. The Kier molecular flexibility index (Phi) is 9.69. The fourth-order valence-electron chi connectivity index (χ4n) is 3.07. The Morgan fingerprint density at radius 1 is 1.09 bits per heavy atom. The fraction of sp³-hybridized carbons (Fsp3) is 0.222. The number of sulfone groups is 1. The van der Waals surface area contributed by atoms with Crippen LogP contribution in [0.15, 0.2) is 95.9 Å². The van der Waals surface area contributed by atoms with E-state index in [4.69, 9.17) is 23.2 Å². The van der Waals surface area contributed by atoms with Crippen LogP contribution in [-0.2, 0) is 22.0 Å². The molecular weight excluding hydrogens is 503 g/mol. The van der Waals surface area contributed by atoms with Crippen molar-refractivity contribution >= 4 is 33.0 Å². The number of benzene rings is 2. The van der Waals surface area contributed by atoms with Crippen molar-refractivity contribution in [3.05, 3.63) is 96.7 Å². The average Bonchev–Trinajstić information content (AvgIpc) is 3.23. The highest BCUT2D eigenvalue weighted by Gasteiger charge is 2.22. The summed E-state index contributed by atoms with van der Waals surface area (Å²) < 4.78 is 25.5. The number of aromatic nitrogens is 2. The minimum atomic E-state index is -3.27. The van der Waals surface area contributed by atoms with E-state index in [1.807, 2.05) is 36.4 Å². The maximum Gasteiger partial charge on any atom is 0.175 e. The van der Waals surface area contributed by atoms with Gasteiger partial charge in [-0.15, -0.1) is 11.6 Å². The second kappa shape index (κ2) is 11.9. The molecule has 0 aliphatic rings. The lowest BCUT2D eigenvalue weighted by Gasteiger charge is -2.13. The molecule has 0 radical (unpaired) electrons. The van der Waals surface area contributed by atoms with E-state index in [0.717, 1.165) is 28.0 Å². The summed E-state index contributed by atoms with van der Waals surface area (Å²) in [5, 5.41) is 15.4. The molecule has 1 aromatic heterocycles. The fourth-order valence-corrected chi connectivity index (χ4v) is 3.73. The molecule has 0 saturated carbocycles. The summed E-state index contributed by atoms with van der Waals surface area (Å²) >= 11 is 10.2. The van der Waals surface area contributed by atoms with E-state index >= 15 is 0 Å². The summed E-state index contributed by atoms with van der Waals surface area (Å²) in [6, 6.07) is 16.6. The van der Waals surface area contributed by atoms with Gasteiger partial charge in [-0.1, -0.05) is 73.8 Å². The Hall–Kier alpha value is -2.64. The van der Waals surface area contributed by atoms with Crippen LogP contribution in [0.3, 0.4) is 0 Å². The molecule has 0 spiro atoms. The van der Waals surface area contributed by atoms with Crippen molar-refractivity contribution in [1.29, 1.82) is 0 Å². The van der Waals surface area contributed by atoms with Gasteiger partial charge in [-0.2, -0.15) is 5.10 Å². The van der Waals surface area contributed by atoms with Crippen LogP contribution in [0.1, 0.15) is 19.5 Å². The third-order valence-corrected chi connectivity index (χ3v) is 6.67. The minimum Gasteiger partial charge on any atom is -0.384 e. The van der Waals surface area contributed by atoms with Gasteiger partial charge < -0.3 is 5.11 Å². The molecule has 1 heterocycles. The molecule has 2 aromatic carbocycles. The van der Waals surface area contributed by atoms with Gasteiger partial charge in [-0.3, -0.25) is 4.68 Å². The van der Waals surface area contributed by atoms with Crippen LogP contribution in [0, 0.1) is 0 Å². The van der Waals surface area contributed by atoms with Crippen molar-refractivity contribution in [1.82, 2.24) is 9.78 Å². The highest BCUT2D eigenvalue weighted by Crippen LogP contribution is 2.29. The molecule has 3 rings (SSSR count). The zero-order chi connectivity index (χ0) is 26.4. The number of alkyl halides is 1. The predicted octanol–water partition coefficient (Wildman–Crippen LogP) is 6.57. The molecule has 0 aliphatic heterocycles. The second-order valence-electron chi connectivity index (χ2n) is 8.52. The third kappa shape index (κ3) is 8.22. The molecule has 0 saturated heterocycles. The molecule has 8 heteroatoms. The SMILES string of the molecule is C=C(Cl)CCl.C=CC(=C)Cn1nc(C(C)(C)O)cc1-c1ccc(-c2cccc(S(C)(=O)=O)c2)cc1. The number of hydrogen-bond donors (Lipinski definition) is 1. The summed E-state index contributed by atoms with van der Waals surface area (Å²) in [7, 11) is -3.27. The van der Waals surface area contributed by atoms with E-state index in [0.29, 0.717) is 28.0 Å². The highest BCUT2D eigenvalue weighted by atomic mass is 35.5. The molecule has 1 N–H and O–H groups in total. The average molecular weight is 534 g/mol. The standard InChI is InChI=1S/C24H26N2O3S.C3H4Cl2/c1-6-17(2)16-26-22(15-23(25-26)24(3,4)27)19-12-10-18(11-13-19)20-8-7-9-21(14-20)30(5,28)29;1-3(5)2-4/h6-15,27H,1-2,16H2,3-5H3;1-2H2. The number of nitrogens with zero attached hydrogens (tertiary/aromatic N) is 2. The van der Waals surface area contributed by atoms with Crippen molar-refractivity contribution in [3.63, 3.8) is 0 Å². The van der Waals surface area contributed by atoms with Crippen LogP contribution < -0.4 is 0 Å². The Labute approximate surface area is 217 Å². The molecule has 3 aromatic rings. The van der Waals surface area contributed by atoms with E-state index < -0.39 is 15.4 Å². The minimum absolute atomic E-state index is 0.292.